The third kappa shape index (κ3) is 3.16. The number of ether oxygens (including phenoxy) is 1. The minimum atomic E-state index is 0.597. The highest BCUT2D eigenvalue weighted by Gasteiger charge is 2.46. The largest absolute Gasteiger partial charge is 0.385 e. The number of methoxy groups -OCH3 is 1. The first kappa shape index (κ1) is 14.1. The molecule has 0 spiro atoms. The van der Waals surface area contributed by atoms with Crippen LogP contribution in [0.25, 0.3) is 0 Å². The highest BCUT2D eigenvalue weighted by atomic mass is 127. The fourth-order valence-electron chi connectivity index (χ4n) is 4.37. The molecule has 0 heterocycles. The zero-order chi connectivity index (χ0) is 12.3. The Morgan fingerprint density at radius 3 is 2.88 bits per heavy atom. The Labute approximate surface area is 120 Å². The van der Waals surface area contributed by atoms with E-state index in [4.69, 9.17) is 7.80 Å². The van der Waals surface area contributed by atoms with Gasteiger partial charge in [-0.1, -0.05) is 19.8 Å². The van der Waals surface area contributed by atoms with E-state index in [9.17, 15) is 0 Å². The standard InChI is InChI=1S/C14H25IO2/c1-11-8-14(6-7-16-2)5-3-4-12(9-14)13(11)10-17-15/h11-13H,3-10H2,1-2H3. The lowest BCUT2D eigenvalue weighted by Gasteiger charge is -2.51. The number of hydrogen-bond donors (Lipinski definition) is 0. The van der Waals surface area contributed by atoms with Crippen molar-refractivity contribution in [3.63, 3.8) is 0 Å². The molecule has 2 fully saturated rings. The maximum Gasteiger partial charge on any atom is 0.109 e. The van der Waals surface area contributed by atoms with E-state index in [-0.39, 0.29) is 0 Å². The van der Waals surface area contributed by atoms with E-state index in [0.29, 0.717) is 5.41 Å². The fourth-order valence-corrected chi connectivity index (χ4v) is 4.79. The van der Waals surface area contributed by atoms with Crippen LogP contribution in [0.5, 0.6) is 0 Å². The topological polar surface area (TPSA) is 18.5 Å². The summed E-state index contributed by atoms with van der Waals surface area (Å²) in [5.74, 6) is 2.52. The van der Waals surface area contributed by atoms with Crippen molar-refractivity contribution in [1.29, 1.82) is 0 Å². The Balaban J connectivity index is 2.03. The van der Waals surface area contributed by atoms with Gasteiger partial charge in [-0.05, 0) is 48.9 Å². The predicted octanol–water partition coefficient (Wildman–Crippen LogP) is 4.22. The molecule has 2 aliphatic carbocycles. The monoisotopic (exact) mass is 352 g/mol. The molecule has 0 saturated heterocycles. The van der Waals surface area contributed by atoms with Crippen molar-refractivity contribution >= 4 is 23.0 Å². The van der Waals surface area contributed by atoms with Gasteiger partial charge < -0.3 is 7.80 Å². The Morgan fingerprint density at radius 1 is 1.35 bits per heavy atom. The number of fused-ring (bicyclic) bond motifs is 2. The van der Waals surface area contributed by atoms with Gasteiger partial charge in [-0.3, -0.25) is 0 Å². The van der Waals surface area contributed by atoms with Crippen LogP contribution in [-0.4, -0.2) is 20.3 Å². The van der Waals surface area contributed by atoms with Gasteiger partial charge >= 0.3 is 0 Å². The van der Waals surface area contributed by atoms with Gasteiger partial charge in [0.15, 0.2) is 0 Å². The first-order chi connectivity index (χ1) is 8.21. The van der Waals surface area contributed by atoms with Crippen molar-refractivity contribution in [2.75, 3.05) is 20.3 Å². The summed E-state index contributed by atoms with van der Waals surface area (Å²) in [6.07, 6.45) is 8.34. The SMILES string of the molecule is COCCC12CCCC(C1)C(COI)C(C)C2. The number of rotatable bonds is 5. The Morgan fingerprint density at radius 2 is 2.18 bits per heavy atom. The van der Waals surface area contributed by atoms with Gasteiger partial charge in [0.2, 0.25) is 0 Å². The van der Waals surface area contributed by atoms with E-state index in [0.717, 1.165) is 31.0 Å². The summed E-state index contributed by atoms with van der Waals surface area (Å²) >= 11 is 2.06. The number of halogens is 1. The van der Waals surface area contributed by atoms with Crippen LogP contribution in [-0.2, 0) is 7.80 Å². The lowest BCUT2D eigenvalue weighted by Crippen LogP contribution is -2.43. The van der Waals surface area contributed by atoms with Crippen molar-refractivity contribution in [1.82, 2.24) is 0 Å². The number of hydrogen-bond acceptors (Lipinski definition) is 2. The second kappa shape index (κ2) is 6.20. The third-order valence-electron chi connectivity index (χ3n) is 5.16. The van der Waals surface area contributed by atoms with Crippen LogP contribution in [0.1, 0.15) is 45.4 Å². The Bertz CT molecular complexity index is 242. The molecular weight excluding hydrogens is 327 g/mol. The summed E-state index contributed by atoms with van der Waals surface area (Å²) in [6.45, 7) is 4.32. The molecule has 0 N–H and O–H groups in total. The van der Waals surface area contributed by atoms with Gasteiger partial charge in [-0.2, -0.15) is 0 Å². The maximum atomic E-state index is 5.40. The van der Waals surface area contributed by atoms with E-state index in [1.807, 2.05) is 7.11 Å². The molecule has 2 saturated carbocycles. The van der Waals surface area contributed by atoms with Crippen LogP contribution in [0.15, 0.2) is 0 Å². The molecule has 17 heavy (non-hydrogen) atoms. The van der Waals surface area contributed by atoms with E-state index in [2.05, 4.69) is 29.9 Å². The van der Waals surface area contributed by atoms with Crippen molar-refractivity contribution in [3.8, 4) is 0 Å². The van der Waals surface area contributed by atoms with Crippen LogP contribution in [0.2, 0.25) is 0 Å². The molecular formula is C14H25IO2. The predicted molar refractivity (Wildman–Crippen MR) is 78.1 cm³/mol. The zero-order valence-corrected chi connectivity index (χ0v) is 13.2. The van der Waals surface area contributed by atoms with E-state index in [1.165, 1.54) is 38.5 Å². The Hall–Kier alpha value is 0.650. The summed E-state index contributed by atoms with van der Waals surface area (Å²) in [5.41, 5.74) is 0.597. The van der Waals surface area contributed by atoms with E-state index >= 15 is 0 Å². The van der Waals surface area contributed by atoms with Crippen LogP contribution in [0, 0.1) is 23.2 Å². The summed E-state index contributed by atoms with van der Waals surface area (Å²) in [5, 5.41) is 0. The molecule has 3 heteroatoms. The smallest absolute Gasteiger partial charge is 0.109 e. The quantitative estimate of drug-likeness (QED) is 0.690. The molecule has 0 aliphatic heterocycles. The average Bonchev–Trinajstić information content (AvgIpc) is 2.32. The normalized spacial score (nSPS) is 41.5. The summed E-state index contributed by atoms with van der Waals surface area (Å²) < 4.78 is 10.7. The Kier molecular flexibility index (Phi) is 5.13. The first-order valence-corrected chi connectivity index (χ1v) is 7.81. The molecule has 2 aliphatic rings. The first-order valence-electron chi connectivity index (χ1n) is 6.93. The average molecular weight is 352 g/mol. The van der Waals surface area contributed by atoms with Crippen molar-refractivity contribution in [3.05, 3.63) is 0 Å². The zero-order valence-electron chi connectivity index (χ0n) is 11.1. The van der Waals surface area contributed by atoms with Gasteiger partial charge in [-0.25, -0.2) is 0 Å². The van der Waals surface area contributed by atoms with Gasteiger partial charge in [-0.15, -0.1) is 0 Å². The molecule has 0 aromatic heterocycles. The second-order valence-electron chi connectivity index (χ2n) is 6.22. The molecule has 0 amide bonds. The highest BCUT2D eigenvalue weighted by molar-refractivity contribution is 14.1. The van der Waals surface area contributed by atoms with Crippen molar-refractivity contribution in [2.24, 2.45) is 23.2 Å². The van der Waals surface area contributed by atoms with Gasteiger partial charge in [0.1, 0.15) is 23.0 Å². The minimum Gasteiger partial charge on any atom is -0.385 e. The van der Waals surface area contributed by atoms with Crippen molar-refractivity contribution in [2.45, 2.75) is 45.4 Å². The molecule has 0 aromatic carbocycles. The van der Waals surface area contributed by atoms with Crippen LogP contribution >= 0.6 is 23.0 Å². The molecule has 0 aromatic rings. The van der Waals surface area contributed by atoms with Gasteiger partial charge in [0.25, 0.3) is 0 Å². The van der Waals surface area contributed by atoms with Gasteiger partial charge in [0.05, 0.1) is 6.61 Å². The van der Waals surface area contributed by atoms with Crippen LogP contribution in [0.3, 0.4) is 0 Å². The van der Waals surface area contributed by atoms with Gasteiger partial charge in [0, 0.05) is 13.7 Å². The lowest BCUT2D eigenvalue weighted by atomic mass is 9.54. The summed E-state index contributed by atoms with van der Waals surface area (Å²) in [6, 6.07) is 0. The summed E-state index contributed by atoms with van der Waals surface area (Å²) in [4.78, 5) is 0. The molecule has 4 atom stereocenters. The molecule has 2 rings (SSSR count). The molecule has 4 unspecified atom stereocenters. The van der Waals surface area contributed by atoms with E-state index < -0.39 is 0 Å². The fraction of sp³-hybridized carbons (Fsp3) is 1.00. The summed E-state index contributed by atoms with van der Waals surface area (Å²) in [7, 11) is 1.83. The molecule has 100 valence electrons. The molecule has 2 bridgehead atoms. The highest BCUT2D eigenvalue weighted by Crippen LogP contribution is 2.55. The second-order valence-corrected chi connectivity index (χ2v) is 6.84. The van der Waals surface area contributed by atoms with Crippen LogP contribution in [0.4, 0.5) is 0 Å². The van der Waals surface area contributed by atoms with Crippen LogP contribution < -0.4 is 0 Å². The molecule has 0 radical (unpaired) electrons. The minimum absolute atomic E-state index is 0.597. The lowest BCUT2D eigenvalue weighted by molar-refractivity contribution is -0.0321. The third-order valence-corrected chi connectivity index (χ3v) is 5.52. The molecule has 2 nitrogen and oxygen atoms in total. The van der Waals surface area contributed by atoms with Crippen molar-refractivity contribution < 1.29 is 7.80 Å². The maximum absolute atomic E-state index is 5.40. The van der Waals surface area contributed by atoms with E-state index in [1.54, 1.807) is 0 Å².